The lowest BCUT2D eigenvalue weighted by atomic mass is 10.1. The molecule has 0 N–H and O–H groups in total. The standard InChI is InChI=1S/C23H23FN2O4S/c1-30-21-11-12-22(18-8-3-2-7-17(18)21)31(28,29)26-14-6-13-25(15-16-26)23(27)19-9-4-5-10-20(19)24/h2-5,7-12H,6,13-16H2,1H3. The number of hydrogen-bond donors (Lipinski definition) is 0. The number of amides is 1. The van der Waals surface area contributed by atoms with Gasteiger partial charge in [0.15, 0.2) is 0 Å². The topological polar surface area (TPSA) is 66.9 Å². The van der Waals surface area contributed by atoms with Gasteiger partial charge in [-0.1, -0.05) is 36.4 Å². The number of hydrogen-bond acceptors (Lipinski definition) is 4. The van der Waals surface area contributed by atoms with Gasteiger partial charge in [-0.05, 0) is 30.7 Å². The van der Waals surface area contributed by atoms with Gasteiger partial charge in [0.05, 0.1) is 17.6 Å². The molecule has 3 aromatic rings. The summed E-state index contributed by atoms with van der Waals surface area (Å²) in [6.07, 6.45) is 0.466. The molecule has 1 fully saturated rings. The summed E-state index contributed by atoms with van der Waals surface area (Å²) in [5.41, 5.74) is -0.0000411. The van der Waals surface area contributed by atoms with Crippen LogP contribution in [0.3, 0.4) is 0 Å². The fourth-order valence-corrected chi connectivity index (χ4v) is 5.59. The van der Waals surface area contributed by atoms with Crippen LogP contribution in [0.15, 0.2) is 65.6 Å². The fraction of sp³-hybridized carbons (Fsp3) is 0.261. The highest BCUT2D eigenvalue weighted by molar-refractivity contribution is 7.89. The Hall–Kier alpha value is -2.97. The molecular formula is C23H23FN2O4S. The van der Waals surface area contributed by atoms with E-state index >= 15 is 0 Å². The smallest absolute Gasteiger partial charge is 0.256 e. The molecular weight excluding hydrogens is 419 g/mol. The molecule has 0 aliphatic carbocycles. The summed E-state index contributed by atoms with van der Waals surface area (Å²) in [7, 11) is -2.25. The van der Waals surface area contributed by atoms with Gasteiger partial charge in [0.2, 0.25) is 10.0 Å². The van der Waals surface area contributed by atoms with E-state index in [1.807, 2.05) is 12.1 Å². The molecule has 162 valence electrons. The minimum Gasteiger partial charge on any atom is -0.496 e. The van der Waals surface area contributed by atoms with Crippen molar-refractivity contribution in [2.24, 2.45) is 0 Å². The number of methoxy groups -OCH3 is 1. The Balaban J connectivity index is 1.60. The summed E-state index contributed by atoms with van der Waals surface area (Å²) < 4.78 is 47.8. The first-order valence-electron chi connectivity index (χ1n) is 10.0. The molecule has 1 amide bonds. The fourth-order valence-electron chi connectivity index (χ4n) is 3.93. The zero-order valence-electron chi connectivity index (χ0n) is 17.1. The van der Waals surface area contributed by atoms with Crippen LogP contribution in [0.25, 0.3) is 10.8 Å². The monoisotopic (exact) mass is 442 g/mol. The molecule has 3 aromatic carbocycles. The van der Waals surface area contributed by atoms with Gasteiger partial charge >= 0.3 is 0 Å². The van der Waals surface area contributed by atoms with E-state index in [-0.39, 0.29) is 30.1 Å². The molecule has 0 bridgehead atoms. The summed E-state index contributed by atoms with van der Waals surface area (Å²) in [6, 6.07) is 16.3. The second kappa shape index (κ2) is 8.64. The minimum atomic E-state index is -3.79. The van der Waals surface area contributed by atoms with Gasteiger partial charge in [0.1, 0.15) is 11.6 Å². The second-order valence-electron chi connectivity index (χ2n) is 7.34. The van der Waals surface area contributed by atoms with Crippen LogP contribution in [0.1, 0.15) is 16.8 Å². The predicted octanol–water partition coefficient (Wildman–Crippen LogP) is 3.52. The van der Waals surface area contributed by atoms with E-state index in [0.717, 1.165) is 5.39 Å². The molecule has 1 aliphatic rings. The van der Waals surface area contributed by atoms with E-state index in [4.69, 9.17) is 4.74 Å². The van der Waals surface area contributed by atoms with Crippen molar-refractivity contribution in [1.29, 1.82) is 0 Å². The van der Waals surface area contributed by atoms with Crippen molar-refractivity contribution in [2.75, 3.05) is 33.3 Å². The van der Waals surface area contributed by atoms with Crippen molar-refractivity contribution in [3.63, 3.8) is 0 Å². The molecule has 1 aliphatic heterocycles. The first-order valence-corrected chi connectivity index (χ1v) is 11.5. The molecule has 0 atom stereocenters. The number of nitrogens with zero attached hydrogens (tertiary/aromatic N) is 2. The summed E-state index contributed by atoms with van der Waals surface area (Å²) in [5.74, 6) is -0.398. The van der Waals surface area contributed by atoms with E-state index in [2.05, 4.69) is 0 Å². The number of rotatable bonds is 4. The van der Waals surface area contributed by atoms with Gasteiger partial charge in [-0.25, -0.2) is 12.8 Å². The van der Waals surface area contributed by atoms with Crippen molar-refractivity contribution in [2.45, 2.75) is 11.3 Å². The third kappa shape index (κ3) is 4.00. The lowest BCUT2D eigenvalue weighted by molar-refractivity contribution is 0.0759. The van der Waals surface area contributed by atoms with Crippen LogP contribution >= 0.6 is 0 Å². The normalized spacial score (nSPS) is 15.6. The zero-order chi connectivity index (χ0) is 22.0. The number of sulfonamides is 1. The number of carbonyl (C=O) groups excluding carboxylic acids is 1. The highest BCUT2D eigenvalue weighted by Crippen LogP contribution is 2.32. The van der Waals surface area contributed by atoms with Crippen LogP contribution in [0.4, 0.5) is 4.39 Å². The molecule has 1 saturated heterocycles. The van der Waals surface area contributed by atoms with Crippen LogP contribution in [0.5, 0.6) is 5.75 Å². The van der Waals surface area contributed by atoms with E-state index < -0.39 is 21.7 Å². The van der Waals surface area contributed by atoms with Gasteiger partial charge in [0.25, 0.3) is 5.91 Å². The molecule has 0 radical (unpaired) electrons. The Bertz CT molecular complexity index is 1230. The van der Waals surface area contributed by atoms with Crippen molar-refractivity contribution in [3.05, 3.63) is 72.0 Å². The lowest BCUT2D eigenvalue weighted by Crippen LogP contribution is -2.37. The summed E-state index contributed by atoms with van der Waals surface area (Å²) in [6.45, 7) is 0.982. The van der Waals surface area contributed by atoms with Crippen LogP contribution in [-0.2, 0) is 10.0 Å². The first-order chi connectivity index (χ1) is 14.9. The third-order valence-electron chi connectivity index (χ3n) is 5.53. The highest BCUT2D eigenvalue weighted by Gasteiger charge is 2.30. The number of carbonyl (C=O) groups is 1. The Kier molecular flexibility index (Phi) is 5.93. The Labute approximate surface area is 180 Å². The molecule has 6 nitrogen and oxygen atoms in total. The summed E-state index contributed by atoms with van der Waals surface area (Å²) in [5, 5.41) is 1.31. The molecule has 0 unspecified atom stereocenters. The molecule has 8 heteroatoms. The number of benzene rings is 3. The maximum absolute atomic E-state index is 14.0. The third-order valence-corrected chi connectivity index (χ3v) is 7.48. The minimum absolute atomic E-state index is 0.0000411. The van der Waals surface area contributed by atoms with Gasteiger partial charge in [-0.3, -0.25) is 4.79 Å². The lowest BCUT2D eigenvalue weighted by Gasteiger charge is -2.23. The van der Waals surface area contributed by atoms with E-state index in [0.29, 0.717) is 24.1 Å². The predicted molar refractivity (Wildman–Crippen MR) is 116 cm³/mol. The van der Waals surface area contributed by atoms with Crippen molar-refractivity contribution < 1.29 is 22.3 Å². The number of halogens is 1. The average Bonchev–Trinajstić information content (AvgIpc) is 3.05. The first kappa shape index (κ1) is 21.3. The van der Waals surface area contributed by atoms with Crippen LogP contribution < -0.4 is 4.74 Å². The maximum Gasteiger partial charge on any atom is 0.256 e. The van der Waals surface area contributed by atoms with Gasteiger partial charge in [-0.2, -0.15) is 4.31 Å². The van der Waals surface area contributed by atoms with Crippen molar-refractivity contribution in [3.8, 4) is 5.75 Å². The summed E-state index contributed by atoms with van der Waals surface area (Å²) in [4.78, 5) is 14.5. The second-order valence-corrected chi connectivity index (χ2v) is 9.25. The highest BCUT2D eigenvalue weighted by atomic mass is 32.2. The van der Waals surface area contributed by atoms with Crippen LogP contribution in [0, 0.1) is 5.82 Å². The van der Waals surface area contributed by atoms with E-state index in [1.54, 1.807) is 37.4 Å². The molecule has 4 rings (SSSR count). The van der Waals surface area contributed by atoms with E-state index in [9.17, 15) is 17.6 Å². The Morgan fingerprint density at radius 1 is 0.903 bits per heavy atom. The van der Waals surface area contributed by atoms with Crippen LogP contribution in [-0.4, -0.2) is 56.8 Å². The molecule has 0 aromatic heterocycles. The van der Waals surface area contributed by atoms with Gasteiger partial charge in [-0.15, -0.1) is 0 Å². The van der Waals surface area contributed by atoms with E-state index in [1.165, 1.54) is 27.4 Å². The van der Waals surface area contributed by atoms with Gasteiger partial charge < -0.3 is 9.64 Å². The molecule has 0 spiro atoms. The SMILES string of the molecule is COc1ccc(S(=O)(=O)N2CCCN(C(=O)c3ccccc3F)CC2)c2ccccc12. The number of fused-ring (bicyclic) bond motifs is 1. The van der Waals surface area contributed by atoms with Crippen molar-refractivity contribution in [1.82, 2.24) is 9.21 Å². The molecule has 31 heavy (non-hydrogen) atoms. The maximum atomic E-state index is 14.0. The number of ether oxygens (including phenoxy) is 1. The van der Waals surface area contributed by atoms with Gasteiger partial charge in [0, 0.05) is 37.0 Å². The molecule has 0 saturated carbocycles. The van der Waals surface area contributed by atoms with Crippen molar-refractivity contribution >= 4 is 26.7 Å². The van der Waals surface area contributed by atoms with Crippen LogP contribution in [0.2, 0.25) is 0 Å². The zero-order valence-corrected chi connectivity index (χ0v) is 17.9. The quantitative estimate of drug-likeness (QED) is 0.620. The Morgan fingerprint density at radius 3 is 2.35 bits per heavy atom. The Morgan fingerprint density at radius 2 is 1.61 bits per heavy atom. The average molecular weight is 443 g/mol. The largest absolute Gasteiger partial charge is 0.496 e. The summed E-state index contributed by atoms with van der Waals surface area (Å²) >= 11 is 0. The molecule has 1 heterocycles.